The third-order valence-corrected chi connectivity index (χ3v) is 4.08. The molecule has 5 nitrogen and oxygen atoms in total. The molecule has 0 bridgehead atoms. The fraction of sp³-hybridized carbons (Fsp3) is 0. The van der Waals surface area contributed by atoms with E-state index < -0.39 is 0 Å². The Morgan fingerprint density at radius 2 is 1.36 bits per heavy atom. The molecule has 25 heavy (non-hydrogen) atoms. The van der Waals surface area contributed by atoms with Gasteiger partial charge in [0.2, 0.25) is 0 Å². The predicted octanol–water partition coefficient (Wildman–Crippen LogP) is 5.45. The lowest BCUT2D eigenvalue weighted by atomic mass is 10.3. The largest absolute Gasteiger partial charge is 0.339 e. The van der Waals surface area contributed by atoms with E-state index in [1.165, 1.54) is 0 Å². The maximum absolute atomic E-state index is 5.72. The Morgan fingerprint density at radius 1 is 0.800 bits per heavy atom. The van der Waals surface area contributed by atoms with Gasteiger partial charge in [-0.2, -0.15) is 0 Å². The van der Waals surface area contributed by atoms with E-state index in [4.69, 9.17) is 23.8 Å². The number of nitrogens with zero attached hydrogens (tertiary/aromatic N) is 2. The van der Waals surface area contributed by atoms with Crippen LogP contribution in [0.15, 0.2) is 65.1 Å². The van der Waals surface area contributed by atoms with Crippen LogP contribution in [0.5, 0.6) is 0 Å². The second-order valence-corrected chi connectivity index (χ2v) is 6.74. The van der Waals surface area contributed by atoms with Crippen molar-refractivity contribution >= 4 is 67.7 Å². The highest BCUT2D eigenvalue weighted by Gasteiger charge is 2.01. The minimum absolute atomic E-state index is 0.358. The van der Waals surface area contributed by atoms with Gasteiger partial charge in [-0.15, -0.1) is 10.2 Å². The van der Waals surface area contributed by atoms with Crippen molar-refractivity contribution in [3.63, 3.8) is 0 Å². The van der Waals surface area contributed by atoms with E-state index >= 15 is 0 Å². The van der Waals surface area contributed by atoms with Gasteiger partial charge in [0.05, 0.1) is 0 Å². The zero-order chi connectivity index (χ0) is 17.6. The van der Waals surface area contributed by atoms with Crippen LogP contribution in [0, 0.1) is 0 Å². The van der Waals surface area contributed by atoms with Crippen LogP contribution in [-0.2, 0) is 0 Å². The molecule has 0 saturated heterocycles. The quantitative estimate of drug-likeness (QED) is 0.475. The molecule has 0 radical (unpaired) electrons. The fourth-order valence-electron chi connectivity index (χ4n) is 1.99. The number of hydrogen-bond acceptors (Lipinski definition) is 4. The summed E-state index contributed by atoms with van der Waals surface area (Å²) < 4.78 is 1.02. The van der Waals surface area contributed by atoms with E-state index in [2.05, 4.69) is 42.1 Å². The first-order valence-electron chi connectivity index (χ1n) is 7.28. The topological polar surface area (TPSA) is 61.9 Å². The molecule has 126 valence electrons. The minimum Gasteiger partial charge on any atom is -0.339 e. The Labute approximate surface area is 163 Å². The summed E-state index contributed by atoms with van der Waals surface area (Å²) in [5.41, 5.74) is 2.68. The first-order valence-corrected chi connectivity index (χ1v) is 8.86. The number of benzene rings is 2. The highest BCUT2D eigenvalue weighted by atomic mass is 79.9. The maximum Gasteiger partial charge on any atom is 0.175 e. The summed E-state index contributed by atoms with van der Waals surface area (Å²) in [4.78, 5) is 0. The summed E-state index contributed by atoms with van der Waals surface area (Å²) in [5, 5.41) is 18.0. The second-order valence-electron chi connectivity index (χ2n) is 5.03. The van der Waals surface area contributed by atoms with Crippen LogP contribution in [-0.4, -0.2) is 15.3 Å². The Balaban J connectivity index is 1.57. The summed E-state index contributed by atoms with van der Waals surface area (Å²) >= 11 is 14.4. The van der Waals surface area contributed by atoms with Gasteiger partial charge in [0.25, 0.3) is 0 Å². The van der Waals surface area contributed by atoms with Gasteiger partial charge in [0, 0.05) is 21.5 Å². The first-order chi connectivity index (χ1) is 12.1. The molecular weight excluding hydrogens is 422 g/mol. The summed E-state index contributed by atoms with van der Waals surface area (Å²) in [6.07, 6.45) is 0. The molecule has 0 unspecified atom stereocenters. The number of anilines is 4. The van der Waals surface area contributed by atoms with E-state index in [0.717, 1.165) is 21.5 Å². The Bertz CT molecular complexity index is 854. The maximum atomic E-state index is 5.72. The van der Waals surface area contributed by atoms with Gasteiger partial charge >= 0.3 is 0 Å². The molecule has 0 fully saturated rings. The Kier molecular flexibility index (Phi) is 5.80. The molecule has 1 heterocycles. The third kappa shape index (κ3) is 5.38. The first kappa shape index (κ1) is 17.6. The van der Waals surface area contributed by atoms with Crippen LogP contribution in [0.2, 0.25) is 5.15 Å². The molecule has 8 heteroatoms. The highest BCUT2D eigenvalue weighted by molar-refractivity contribution is 9.10. The Hall–Kier alpha value is -2.22. The molecule has 0 aliphatic heterocycles. The number of hydrogen-bond donors (Lipinski definition) is 3. The second kappa shape index (κ2) is 8.24. The molecule has 3 rings (SSSR count). The number of thiocarbonyl (C=S) groups is 1. The third-order valence-electron chi connectivity index (χ3n) is 3.15. The van der Waals surface area contributed by atoms with Gasteiger partial charge in [-0.3, -0.25) is 0 Å². The van der Waals surface area contributed by atoms with E-state index in [1.54, 1.807) is 12.1 Å². The van der Waals surface area contributed by atoms with Crippen LogP contribution in [0.1, 0.15) is 0 Å². The number of aromatic nitrogens is 2. The van der Waals surface area contributed by atoms with Crippen LogP contribution >= 0.6 is 39.7 Å². The lowest BCUT2D eigenvalue weighted by Crippen LogP contribution is -2.18. The van der Waals surface area contributed by atoms with Gasteiger partial charge in [-0.25, -0.2) is 0 Å². The molecule has 1 aromatic heterocycles. The Morgan fingerprint density at radius 3 is 1.92 bits per heavy atom. The normalized spacial score (nSPS) is 10.2. The number of halogens is 2. The van der Waals surface area contributed by atoms with Crippen molar-refractivity contribution in [3.05, 3.63) is 70.3 Å². The minimum atomic E-state index is 0.358. The predicted molar refractivity (Wildman–Crippen MR) is 111 cm³/mol. The van der Waals surface area contributed by atoms with Crippen LogP contribution < -0.4 is 16.0 Å². The highest BCUT2D eigenvalue weighted by Crippen LogP contribution is 2.19. The van der Waals surface area contributed by atoms with Crippen molar-refractivity contribution in [2.45, 2.75) is 0 Å². The van der Waals surface area contributed by atoms with E-state index in [-0.39, 0.29) is 0 Å². The van der Waals surface area contributed by atoms with E-state index in [9.17, 15) is 0 Å². The van der Waals surface area contributed by atoms with Crippen molar-refractivity contribution < 1.29 is 0 Å². The summed E-state index contributed by atoms with van der Waals surface area (Å²) in [6, 6.07) is 18.9. The standard InChI is InChI=1S/C17H13BrClN5S/c18-11-1-3-13(4-2-11)21-17(25)22-14-7-5-12(6-8-14)20-16-10-9-15(19)23-24-16/h1-10H,(H,20,24)(H2,21,22,25). The molecule has 0 saturated carbocycles. The van der Waals surface area contributed by atoms with Crippen LogP contribution in [0.25, 0.3) is 0 Å². The average Bonchev–Trinajstić information content (AvgIpc) is 2.61. The van der Waals surface area contributed by atoms with Crippen molar-refractivity contribution in [1.82, 2.24) is 10.2 Å². The summed E-state index contributed by atoms with van der Waals surface area (Å²) in [7, 11) is 0. The molecule has 2 aromatic carbocycles. The smallest absolute Gasteiger partial charge is 0.175 e. The van der Waals surface area contributed by atoms with Gasteiger partial charge in [0.15, 0.2) is 16.1 Å². The van der Waals surface area contributed by atoms with Crippen molar-refractivity contribution in [3.8, 4) is 0 Å². The van der Waals surface area contributed by atoms with E-state index in [0.29, 0.717) is 16.1 Å². The molecule has 0 aliphatic rings. The van der Waals surface area contributed by atoms with Gasteiger partial charge in [-0.05, 0) is 72.9 Å². The molecule has 3 N–H and O–H groups in total. The van der Waals surface area contributed by atoms with Gasteiger partial charge in [0.1, 0.15) is 0 Å². The average molecular weight is 435 g/mol. The molecule has 0 amide bonds. The summed E-state index contributed by atoms with van der Waals surface area (Å²) in [6.45, 7) is 0. The lowest BCUT2D eigenvalue weighted by molar-refractivity contribution is 1.04. The zero-order valence-corrected chi connectivity index (χ0v) is 16.0. The van der Waals surface area contributed by atoms with Crippen LogP contribution in [0.4, 0.5) is 22.9 Å². The van der Waals surface area contributed by atoms with Crippen molar-refractivity contribution in [2.24, 2.45) is 0 Å². The van der Waals surface area contributed by atoms with Crippen LogP contribution in [0.3, 0.4) is 0 Å². The van der Waals surface area contributed by atoms with Crippen molar-refractivity contribution in [2.75, 3.05) is 16.0 Å². The molecular formula is C17H13BrClN5S. The van der Waals surface area contributed by atoms with Crippen molar-refractivity contribution in [1.29, 1.82) is 0 Å². The monoisotopic (exact) mass is 433 g/mol. The summed E-state index contributed by atoms with van der Waals surface area (Å²) in [5.74, 6) is 0.623. The molecule has 0 aliphatic carbocycles. The number of rotatable bonds is 4. The SMILES string of the molecule is S=C(Nc1ccc(Br)cc1)Nc1ccc(Nc2ccc(Cl)nn2)cc1. The molecule has 0 atom stereocenters. The molecule has 3 aromatic rings. The van der Waals surface area contributed by atoms with E-state index in [1.807, 2.05) is 48.5 Å². The van der Waals surface area contributed by atoms with Gasteiger partial charge in [-0.1, -0.05) is 27.5 Å². The number of nitrogens with one attached hydrogen (secondary N) is 3. The molecule has 0 spiro atoms. The lowest BCUT2D eigenvalue weighted by Gasteiger charge is -2.11. The zero-order valence-electron chi connectivity index (χ0n) is 12.8. The van der Waals surface area contributed by atoms with Gasteiger partial charge < -0.3 is 16.0 Å². The fourth-order valence-corrected chi connectivity index (χ4v) is 2.59.